The molecule has 2 amide bonds. The highest BCUT2D eigenvalue weighted by Gasteiger charge is 2.26. The predicted octanol–water partition coefficient (Wildman–Crippen LogP) is 6.18. The van der Waals surface area contributed by atoms with Crippen molar-refractivity contribution in [3.8, 4) is 17.0 Å². The zero-order chi connectivity index (χ0) is 28.3. The molecule has 0 unspecified atom stereocenters. The second-order valence-corrected chi connectivity index (χ2v) is 10.4. The Hall–Kier alpha value is -5.05. The van der Waals surface area contributed by atoms with E-state index in [-0.39, 0.29) is 23.4 Å². The van der Waals surface area contributed by atoms with Crippen LogP contribution in [0.1, 0.15) is 58.9 Å². The van der Waals surface area contributed by atoms with E-state index in [1.807, 2.05) is 55.5 Å². The summed E-state index contributed by atoms with van der Waals surface area (Å²) in [7, 11) is 0. The van der Waals surface area contributed by atoms with Gasteiger partial charge in [-0.3, -0.25) is 9.78 Å². The predicted molar refractivity (Wildman–Crippen MR) is 157 cm³/mol. The van der Waals surface area contributed by atoms with Crippen LogP contribution in [0.2, 0.25) is 0 Å². The van der Waals surface area contributed by atoms with E-state index < -0.39 is 5.91 Å². The lowest BCUT2D eigenvalue weighted by molar-refractivity contribution is 0.102. The summed E-state index contributed by atoms with van der Waals surface area (Å²) in [5, 5.41) is 21.3. The number of nitrogens with zero attached hydrogens (tertiary/aromatic N) is 4. The summed E-state index contributed by atoms with van der Waals surface area (Å²) in [5.41, 5.74) is 5.84. The lowest BCUT2D eigenvalue weighted by Crippen LogP contribution is -2.31. The van der Waals surface area contributed by atoms with Crippen molar-refractivity contribution in [2.24, 2.45) is 0 Å². The van der Waals surface area contributed by atoms with Crippen LogP contribution in [0.3, 0.4) is 0 Å². The zero-order valence-electron chi connectivity index (χ0n) is 22.7. The van der Waals surface area contributed by atoms with Crippen molar-refractivity contribution in [3.05, 3.63) is 102 Å². The van der Waals surface area contributed by atoms with Crippen LogP contribution >= 0.6 is 0 Å². The second kappa shape index (κ2) is 11.2. The molecule has 9 heteroatoms. The van der Waals surface area contributed by atoms with Crippen LogP contribution in [0.4, 0.5) is 10.5 Å². The number of phenolic OH excluding ortho intramolecular Hbond substituents is 1. The zero-order valence-corrected chi connectivity index (χ0v) is 22.7. The lowest BCUT2D eigenvalue weighted by atomic mass is 10.0. The van der Waals surface area contributed by atoms with Crippen LogP contribution in [0.15, 0.2) is 79.0 Å². The van der Waals surface area contributed by atoms with Crippen LogP contribution in [0.25, 0.3) is 22.3 Å². The molecule has 2 heterocycles. The third-order valence-corrected chi connectivity index (χ3v) is 7.61. The van der Waals surface area contributed by atoms with Gasteiger partial charge in [0.15, 0.2) is 0 Å². The Balaban J connectivity index is 1.23. The number of aryl methyl sites for hydroxylation is 1. The summed E-state index contributed by atoms with van der Waals surface area (Å²) in [5.74, 6) is -0.270. The Morgan fingerprint density at radius 2 is 1.73 bits per heavy atom. The molecule has 6 rings (SSSR count). The smallest absolute Gasteiger partial charge is 0.342 e. The van der Waals surface area contributed by atoms with Gasteiger partial charge in [-0.2, -0.15) is 9.78 Å². The first-order chi connectivity index (χ1) is 20.0. The van der Waals surface area contributed by atoms with E-state index in [1.54, 1.807) is 18.2 Å². The number of hydrogen-bond acceptors (Lipinski definition) is 6. The van der Waals surface area contributed by atoms with Gasteiger partial charge in [-0.05, 0) is 61.2 Å². The van der Waals surface area contributed by atoms with Crippen molar-refractivity contribution < 1.29 is 14.7 Å². The van der Waals surface area contributed by atoms with Crippen LogP contribution in [0, 0.1) is 6.92 Å². The minimum Gasteiger partial charge on any atom is -0.507 e. The minimum absolute atomic E-state index is 0.0599. The van der Waals surface area contributed by atoms with Gasteiger partial charge in [-0.15, -0.1) is 0 Å². The monoisotopic (exact) mass is 546 g/mol. The number of aromatic nitrogens is 4. The van der Waals surface area contributed by atoms with Crippen molar-refractivity contribution in [1.82, 2.24) is 25.1 Å². The number of carbonyl (C=O) groups excluding carboxylic acids is 2. The minimum atomic E-state index is -0.437. The first-order valence-electron chi connectivity index (χ1n) is 13.8. The fourth-order valence-electron chi connectivity index (χ4n) is 5.34. The molecule has 1 aliphatic carbocycles. The van der Waals surface area contributed by atoms with Gasteiger partial charge in [0.2, 0.25) is 0 Å². The number of benzene rings is 3. The van der Waals surface area contributed by atoms with Crippen LogP contribution in [-0.2, 0) is 6.54 Å². The van der Waals surface area contributed by atoms with Crippen LogP contribution in [0.5, 0.6) is 5.75 Å². The molecule has 0 spiro atoms. The Labute approximate surface area is 237 Å². The quantitative estimate of drug-likeness (QED) is 0.234. The van der Waals surface area contributed by atoms with Crippen molar-refractivity contribution in [3.63, 3.8) is 0 Å². The summed E-state index contributed by atoms with van der Waals surface area (Å²) in [6, 6.07) is 21.7. The normalized spacial score (nSPS) is 13.4. The summed E-state index contributed by atoms with van der Waals surface area (Å²) in [4.78, 5) is 34.8. The number of fused-ring (bicyclic) bond motifs is 1. The molecule has 0 bridgehead atoms. The van der Waals surface area contributed by atoms with Gasteiger partial charge in [0.05, 0.1) is 28.6 Å². The van der Waals surface area contributed by atoms with Gasteiger partial charge in [0.1, 0.15) is 11.4 Å². The van der Waals surface area contributed by atoms with E-state index >= 15 is 0 Å². The van der Waals surface area contributed by atoms with Gasteiger partial charge in [-0.25, -0.2) is 9.78 Å². The molecule has 0 atom stereocenters. The van der Waals surface area contributed by atoms with Gasteiger partial charge in [-0.1, -0.05) is 49.2 Å². The number of phenols is 1. The molecule has 0 saturated heterocycles. The molecular weight excluding hydrogens is 516 g/mol. The van der Waals surface area contributed by atoms with E-state index in [2.05, 4.69) is 25.7 Å². The highest BCUT2D eigenvalue weighted by molar-refractivity contribution is 6.03. The maximum atomic E-state index is 13.3. The molecule has 1 fully saturated rings. The molecular formula is C32H30N6O3. The van der Waals surface area contributed by atoms with Gasteiger partial charge >= 0.3 is 6.03 Å². The summed E-state index contributed by atoms with van der Waals surface area (Å²) in [6.07, 6.45) is 5.62. The largest absolute Gasteiger partial charge is 0.507 e. The third kappa shape index (κ3) is 5.51. The fourth-order valence-corrected chi connectivity index (χ4v) is 5.34. The number of amides is 2. The molecule has 9 nitrogen and oxygen atoms in total. The first kappa shape index (κ1) is 26.2. The molecule has 2 aromatic heterocycles. The third-order valence-electron chi connectivity index (χ3n) is 7.61. The van der Waals surface area contributed by atoms with Crippen molar-refractivity contribution >= 4 is 28.7 Å². The molecule has 5 aromatic rings. The molecule has 1 saturated carbocycles. The standard InChI is InChI=1S/C32H30N6O3/c1-20-8-2-3-11-22(20)18-34-32(41)38-29(21-9-4-5-10-21)17-27(37-38)24-15-14-23(16-30(24)39)35-31(40)28-19-33-25-12-6-7-13-26(25)36-28/h2-3,6-8,11-17,19,21,39H,4-5,9-10,18H2,1H3,(H,34,41)(H,35,40). The molecule has 1 aliphatic rings. The lowest BCUT2D eigenvalue weighted by Gasteiger charge is -2.13. The number of carbonyl (C=O) groups is 2. The Morgan fingerprint density at radius 1 is 0.976 bits per heavy atom. The molecule has 41 heavy (non-hydrogen) atoms. The van der Waals surface area contributed by atoms with Gasteiger partial charge in [0, 0.05) is 29.8 Å². The van der Waals surface area contributed by atoms with Crippen molar-refractivity contribution in [2.75, 3.05) is 5.32 Å². The number of anilines is 1. The highest BCUT2D eigenvalue weighted by Crippen LogP contribution is 2.38. The van der Waals surface area contributed by atoms with E-state index in [4.69, 9.17) is 0 Å². The summed E-state index contributed by atoms with van der Waals surface area (Å²) in [6.45, 7) is 2.41. The first-order valence-corrected chi connectivity index (χ1v) is 13.8. The molecule has 3 aromatic carbocycles. The molecule has 0 radical (unpaired) electrons. The number of hydrogen-bond donors (Lipinski definition) is 3. The summed E-state index contributed by atoms with van der Waals surface area (Å²) >= 11 is 0. The average molecular weight is 547 g/mol. The van der Waals surface area contributed by atoms with E-state index in [0.717, 1.165) is 42.5 Å². The summed E-state index contributed by atoms with van der Waals surface area (Å²) < 4.78 is 1.44. The van der Waals surface area contributed by atoms with E-state index in [9.17, 15) is 14.7 Å². The van der Waals surface area contributed by atoms with E-state index in [1.165, 1.54) is 16.9 Å². The van der Waals surface area contributed by atoms with Gasteiger partial charge < -0.3 is 15.7 Å². The molecule has 0 aliphatic heterocycles. The highest BCUT2D eigenvalue weighted by atomic mass is 16.3. The number of nitrogens with one attached hydrogen (secondary N) is 2. The Kier molecular flexibility index (Phi) is 7.16. The van der Waals surface area contributed by atoms with Gasteiger partial charge in [0.25, 0.3) is 5.91 Å². The van der Waals surface area contributed by atoms with Crippen molar-refractivity contribution in [1.29, 1.82) is 0 Å². The number of aromatic hydroxyl groups is 1. The van der Waals surface area contributed by atoms with Crippen molar-refractivity contribution in [2.45, 2.75) is 45.1 Å². The molecule has 3 N–H and O–H groups in total. The van der Waals surface area contributed by atoms with Crippen LogP contribution < -0.4 is 10.6 Å². The fraction of sp³-hybridized carbons (Fsp3) is 0.219. The second-order valence-electron chi connectivity index (χ2n) is 10.4. The maximum Gasteiger partial charge on any atom is 0.342 e. The SMILES string of the molecule is Cc1ccccc1CNC(=O)n1nc(-c2ccc(NC(=O)c3cnc4ccccc4n3)cc2O)cc1C1CCCC1. The Morgan fingerprint density at radius 3 is 2.51 bits per heavy atom. The topological polar surface area (TPSA) is 122 Å². The van der Waals surface area contributed by atoms with Crippen LogP contribution in [-0.4, -0.2) is 36.8 Å². The number of rotatable bonds is 6. The molecule has 206 valence electrons. The Bertz CT molecular complexity index is 1760. The number of para-hydroxylation sites is 2. The maximum absolute atomic E-state index is 13.3. The average Bonchev–Trinajstić information content (AvgIpc) is 3.67. The van der Waals surface area contributed by atoms with E-state index in [0.29, 0.717) is 34.5 Å².